The smallest absolute Gasteiger partial charge is 0.101 e. The minimum atomic E-state index is -0.569. The Kier molecular flexibility index (Phi) is 7.09. The van der Waals surface area contributed by atoms with Gasteiger partial charge in [0.15, 0.2) is 0 Å². The second-order valence-electron chi connectivity index (χ2n) is 4.56. The van der Waals surface area contributed by atoms with Gasteiger partial charge in [-0.25, -0.2) is 0 Å². The first kappa shape index (κ1) is 14.8. The lowest BCUT2D eigenvalue weighted by molar-refractivity contribution is -0.0423. The average Bonchev–Trinajstić information content (AvgIpc) is 2.14. The van der Waals surface area contributed by atoms with E-state index >= 15 is 0 Å². The molecule has 0 aliphatic rings. The average molecular weight is 219 g/mol. The van der Waals surface area contributed by atoms with Crippen molar-refractivity contribution >= 4 is 0 Å². The molecular weight excluding hydrogens is 194 g/mol. The second-order valence-corrected chi connectivity index (χ2v) is 4.56. The molecule has 15 heavy (non-hydrogen) atoms. The molecule has 0 bridgehead atoms. The fourth-order valence-electron chi connectivity index (χ4n) is 0.882. The van der Waals surface area contributed by atoms with Gasteiger partial charge in [-0.3, -0.25) is 0 Å². The van der Waals surface area contributed by atoms with E-state index in [0.29, 0.717) is 13.2 Å². The topological polar surface area (TPSA) is 64.7 Å². The normalized spacial score (nSPS) is 17.8. The van der Waals surface area contributed by atoms with Gasteiger partial charge in [0.05, 0.1) is 25.9 Å². The fraction of sp³-hybridized carbons (Fsp3) is 1.00. The van der Waals surface area contributed by atoms with Gasteiger partial charge in [0.2, 0.25) is 0 Å². The van der Waals surface area contributed by atoms with Crippen molar-refractivity contribution in [3.63, 3.8) is 0 Å². The molecule has 0 saturated carbocycles. The number of hydrogen-bond acceptors (Lipinski definition) is 4. The maximum Gasteiger partial charge on any atom is 0.101 e. The van der Waals surface area contributed by atoms with Gasteiger partial charge >= 0.3 is 0 Å². The van der Waals surface area contributed by atoms with E-state index in [2.05, 4.69) is 0 Å². The molecule has 0 aliphatic carbocycles. The summed E-state index contributed by atoms with van der Waals surface area (Å²) in [6.45, 7) is 8.86. The third-order valence-electron chi connectivity index (χ3n) is 2.17. The standard InChI is InChI=1S/C11H25NO3/c1-5-11(4,12)8-14-6-10(13)7-15-9(2)3/h9-10,13H,5-8,12H2,1-4H3. The first-order valence-electron chi connectivity index (χ1n) is 5.53. The molecule has 2 unspecified atom stereocenters. The number of aliphatic hydroxyl groups excluding tert-OH is 1. The monoisotopic (exact) mass is 219 g/mol. The maximum absolute atomic E-state index is 9.48. The van der Waals surface area contributed by atoms with Crippen LogP contribution >= 0.6 is 0 Å². The summed E-state index contributed by atoms with van der Waals surface area (Å²) in [6.07, 6.45) is 0.418. The molecule has 0 fully saturated rings. The summed E-state index contributed by atoms with van der Waals surface area (Å²) in [4.78, 5) is 0. The van der Waals surface area contributed by atoms with Crippen molar-refractivity contribution in [2.75, 3.05) is 19.8 Å². The molecule has 0 radical (unpaired) electrons. The van der Waals surface area contributed by atoms with E-state index in [-0.39, 0.29) is 18.2 Å². The van der Waals surface area contributed by atoms with Crippen molar-refractivity contribution in [1.29, 1.82) is 0 Å². The Morgan fingerprint density at radius 3 is 2.40 bits per heavy atom. The van der Waals surface area contributed by atoms with Gasteiger partial charge in [-0.05, 0) is 27.2 Å². The molecule has 3 N–H and O–H groups in total. The van der Waals surface area contributed by atoms with Gasteiger partial charge in [0.1, 0.15) is 6.10 Å². The Labute approximate surface area is 92.7 Å². The third-order valence-corrected chi connectivity index (χ3v) is 2.17. The summed E-state index contributed by atoms with van der Waals surface area (Å²) < 4.78 is 10.6. The van der Waals surface area contributed by atoms with Crippen LogP contribution in [0.1, 0.15) is 34.1 Å². The second kappa shape index (κ2) is 7.17. The highest BCUT2D eigenvalue weighted by Gasteiger charge is 2.16. The van der Waals surface area contributed by atoms with Crippen LogP contribution in [0.2, 0.25) is 0 Å². The van der Waals surface area contributed by atoms with Gasteiger partial charge in [-0.2, -0.15) is 0 Å². The zero-order valence-electron chi connectivity index (χ0n) is 10.3. The lowest BCUT2D eigenvalue weighted by Crippen LogP contribution is -2.41. The van der Waals surface area contributed by atoms with Crippen molar-refractivity contribution < 1.29 is 14.6 Å². The summed E-state index contributed by atoms with van der Waals surface area (Å²) in [5.74, 6) is 0. The van der Waals surface area contributed by atoms with E-state index in [9.17, 15) is 5.11 Å². The first-order chi connectivity index (χ1) is 6.87. The van der Waals surface area contributed by atoms with Crippen LogP contribution in [0.15, 0.2) is 0 Å². The molecule has 0 aromatic heterocycles. The predicted molar refractivity (Wildman–Crippen MR) is 60.8 cm³/mol. The van der Waals surface area contributed by atoms with E-state index in [1.807, 2.05) is 27.7 Å². The van der Waals surface area contributed by atoms with Gasteiger partial charge in [0.25, 0.3) is 0 Å². The van der Waals surface area contributed by atoms with Crippen molar-refractivity contribution in [1.82, 2.24) is 0 Å². The first-order valence-corrected chi connectivity index (χ1v) is 5.53. The third kappa shape index (κ3) is 8.81. The highest BCUT2D eigenvalue weighted by molar-refractivity contribution is 4.75. The van der Waals surface area contributed by atoms with Gasteiger partial charge in [-0.15, -0.1) is 0 Å². The summed E-state index contributed by atoms with van der Waals surface area (Å²) in [6, 6.07) is 0. The van der Waals surface area contributed by atoms with Crippen LogP contribution in [-0.2, 0) is 9.47 Å². The summed E-state index contributed by atoms with van der Waals surface area (Å²) in [7, 11) is 0. The van der Waals surface area contributed by atoms with Crippen molar-refractivity contribution in [3.8, 4) is 0 Å². The fourth-order valence-corrected chi connectivity index (χ4v) is 0.882. The minimum absolute atomic E-state index is 0.134. The van der Waals surface area contributed by atoms with Crippen molar-refractivity contribution in [3.05, 3.63) is 0 Å². The molecule has 0 heterocycles. The number of hydrogen-bond donors (Lipinski definition) is 2. The van der Waals surface area contributed by atoms with Crippen LogP contribution in [0.4, 0.5) is 0 Å². The summed E-state index contributed by atoms with van der Waals surface area (Å²) in [5, 5.41) is 9.48. The SMILES string of the molecule is CCC(C)(N)COCC(O)COC(C)C. The summed E-state index contributed by atoms with van der Waals surface area (Å²) >= 11 is 0. The zero-order valence-corrected chi connectivity index (χ0v) is 10.3. The van der Waals surface area contributed by atoms with E-state index in [1.165, 1.54) is 0 Å². The van der Waals surface area contributed by atoms with Crippen molar-refractivity contribution in [2.45, 2.75) is 51.9 Å². The van der Waals surface area contributed by atoms with Crippen LogP contribution in [-0.4, -0.2) is 42.7 Å². The van der Waals surface area contributed by atoms with E-state index < -0.39 is 6.10 Å². The van der Waals surface area contributed by atoms with E-state index in [4.69, 9.17) is 15.2 Å². The largest absolute Gasteiger partial charge is 0.388 e. The number of ether oxygens (including phenoxy) is 2. The number of nitrogens with two attached hydrogens (primary N) is 1. The Bertz CT molecular complexity index is 160. The van der Waals surface area contributed by atoms with E-state index in [0.717, 1.165) is 6.42 Å². The van der Waals surface area contributed by atoms with Crippen LogP contribution < -0.4 is 5.73 Å². The molecule has 0 saturated heterocycles. The molecule has 92 valence electrons. The minimum Gasteiger partial charge on any atom is -0.388 e. The number of aliphatic hydroxyl groups is 1. The van der Waals surface area contributed by atoms with Crippen LogP contribution in [0, 0.1) is 0 Å². The Morgan fingerprint density at radius 1 is 1.33 bits per heavy atom. The molecule has 4 nitrogen and oxygen atoms in total. The highest BCUT2D eigenvalue weighted by Crippen LogP contribution is 2.05. The Balaban J connectivity index is 3.50. The lowest BCUT2D eigenvalue weighted by Gasteiger charge is -2.23. The van der Waals surface area contributed by atoms with Gasteiger partial charge in [0, 0.05) is 5.54 Å². The quantitative estimate of drug-likeness (QED) is 0.637. The molecular formula is C11H25NO3. The molecule has 0 rings (SSSR count). The molecule has 0 aliphatic heterocycles. The van der Waals surface area contributed by atoms with Crippen molar-refractivity contribution in [2.24, 2.45) is 5.73 Å². The molecule has 0 amide bonds. The van der Waals surface area contributed by atoms with Crippen LogP contribution in [0.3, 0.4) is 0 Å². The summed E-state index contributed by atoms with van der Waals surface area (Å²) in [5.41, 5.74) is 5.58. The van der Waals surface area contributed by atoms with Gasteiger partial charge < -0.3 is 20.3 Å². The molecule has 0 aromatic rings. The highest BCUT2D eigenvalue weighted by atomic mass is 16.5. The molecule has 4 heteroatoms. The van der Waals surface area contributed by atoms with Crippen LogP contribution in [0.25, 0.3) is 0 Å². The predicted octanol–water partition coefficient (Wildman–Crippen LogP) is 0.916. The van der Waals surface area contributed by atoms with Crippen LogP contribution in [0.5, 0.6) is 0 Å². The maximum atomic E-state index is 9.48. The lowest BCUT2D eigenvalue weighted by atomic mass is 10.0. The Morgan fingerprint density at radius 2 is 1.93 bits per heavy atom. The molecule has 0 aromatic carbocycles. The zero-order chi connectivity index (χ0) is 11.9. The Hall–Kier alpha value is -0.160. The molecule has 2 atom stereocenters. The van der Waals surface area contributed by atoms with Gasteiger partial charge in [-0.1, -0.05) is 6.92 Å². The van der Waals surface area contributed by atoms with E-state index in [1.54, 1.807) is 0 Å². The molecule has 0 spiro atoms. The number of rotatable bonds is 8.